The first-order valence-corrected chi connectivity index (χ1v) is 12.2. The summed E-state index contributed by atoms with van der Waals surface area (Å²) in [6.45, 7) is 4.66. The minimum absolute atomic E-state index is 0.390. The Hall–Kier alpha value is -3.16. The highest BCUT2D eigenvalue weighted by molar-refractivity contribution is 5.34. The number of nitrogens with one attached hydrogen (secondary N) is 1. The molecular formula is C32H35N. The summed E-state index contributed by atoms with van der Waals surface area (Å²) < 4.78 is 0. The van der Waals surface area contributed by atoms with Gasteiger partial charge >= 0.3 is 0 Å². The molecule has 0 saturated carbocycles. The van der Waals surface area contributed by atoms with Crippen molar-refractivity contribution in [2.24, 2.45) is 0 Å². The zero-order valence-electron chi connectivity index (χ0n) is 19.8. The van der Waals surface area contributed by atoms with E-state index in [1.54, 1.807) is 0 Å². The van der Waals surface area contributed by atoms with Gasteiger partial charge in [-0.15, -0.1) is 0 Å². The zero-order valence-corrected chi connectivity index (χ0v) is 19.8. The fourth-order valence-corrected chi connectivity index (χ4v) is 5.00. The van der Waals surface area contributed by atoms with Crippen LogP contribution < -0.4 is 5.32 Å². The van der Waals surface area contributed by atoms with Gasteiger partial charge in [0.25, 0.3) is 0 Å². The molecule has 33 heavy (non-hydrogen) atoms. The van der Waals surface area contributed by atoms with Crippen LogP contribution in [0.1, 0.15) is 60.8 Å². The second kappa shape index (κ2) is 11.6. The van der Waals surface area contributed by atoms with E-state index in [4.69, 9.17) is 0 Å². The van der Waals surface area contributed by atoms with Crippen LogP contribution in [0.4, 0.5) is 0 Å². The van der Waals surface area contributed by atoms with Crippen LogP contribution in [0.15, 0.2) is 121 Å². The zero-order chi connectivity index (χ0) is 22.9. The van der Waals surface area contributed by atoms with Crippen molar-refractivity contribution >= 4 is 0 Å². The van der Waals surface area contributed by atoms with Gasteiger partial charge in [-0.05, 0) is 48.9 Å². The summed E-state index contributed by atoms with van der Waals surface area (Å²) in [5, 5.41) is 3.92. The lowest BCUT2D eigenvalue weighted by molar-refractivity contribution is 0.406. The predicted octanol–water partition coefficient (Wildman–Crippen LogP) is 7.80. The van der Waals surface area contributed by atoms with E-state index in [0.717, 1.165) is 12.8 Å². The van der Waals surface area contributed by atoms with Gasteiger partial charge in [0.15, 0.2) is 0 Å². The summed E-state index contributed by atoms with van der Waals surface area (Å²) in [5.74, 6) is 0.780. The van der Waals surface area contributed by atoms with Gasteiger partial charge in [0.1, 0.15) is 0 Å². The van der Waals surface area contributed by atoms with E-state index in [0.29, 0.717) is 23.9 Å². The van der Waals surface area contributed by atoms with E-state index in [2.05, 4.69) is 140 Å². The number of rotatable bonds is 10. The maximum absolute atomic E-state index is 3.92. The van der Waals surface area contributed by atoms with Crippen LogP contribution in [0.5, 0.6) is 0 Å². The highest BCUT2D eigenvalue weighted by atomic mass is 14.9. The normalized spacial score (nSPS) is 13.2. The first-order chi connectivity index (χ1) is 16.2. The third-order valence-electron chi connectivity index (χ3n) is 6.56. The Morgan fingerprint density at radius 2 is 0.667 bits per heavy atom. The quantitative estimate of drug-likeness (QED) is 0.269. The molecule has 0 radical (unpaired) electrons. The van der Waals surface area contributed by atoms with Crippen LogP contribution in [0.25, 0.3) is 0 Å². The molecule has 0 saturated heterocycles. The predicted molar refractivity (Wildman–Crippen MR) is 141 cm³/mol. The molecule has 0 spiro atoms. The Balaban J connectivity index is 1.47. The Bertz CT molecular complexity index is 893. The molecule has 168 valence electrons. The molecule has 2 unspecified atom stereocenters. The summed E-state index contributed by atoms with van der Waals surface area (Å²) in [5.41, 5.74) is 5.54. The van der Waals surface area contributed by atoms with Crippen molar-refractivity contribution in [3.05, 3.63) is 144 Å². The molecule has 1 nitrogen and oxygen atoms in total. The van der Waals surface area contributed by atoms with Gasteiger partial charge in [0, 0.05) is 23.9 Å². The highest BCUT2D eigenvalue weighted by Crippen LogP contribution is 2.31. The fourth-order valence-electron chi connectivity index (χ4n) is 5.00. The number of benzene rings is 4. The minimum Gasteiger partial charge on any atom is -0.312 e. The van der Waals surface area contributed by atoms with Crippen LogP contribution in [-0.4, -0.2) is 12.1 Å². The SMILES string of the molecule is CC(CC(c1ccccc1)c1ccccc1)NC(C)CC(c1ccccc1)c1ccccc1. The molecule has 0 bridgehead atoms. The lowest BCUT2D eigenvalue weighted by atomic mass is 9.84. The topological polar surface area (TPSA) is 12.0 Å². The van der Waals surface area contributed by atoms with E-state index in [1.807, 2.05) is 0 Å². The molecule has 4 rings (SSSR count). The van der Waals surface area contributed by atoms with Gasteiger partial charge in [-0.3, -0.25) is 0 Å². The molecule has 0 aliphatic rings. The smallest absolute Gasteiger partial charge is 0.0104 e. The average molecular weight is 434 g/mol. The van der Waals surface area contributed by atoms with Crippen molar-refractivity contribution < 1.29 is 0 Å². The summed E-state index contributed by atoms with van der Waals surface area (Å²) in [7, 11) is 0. The minimum atomic E-state index is 0.390. The molecule has 1 N–H and O–H groups in total. The Kier molecular flexibility index (Phi) is 8.11. The summed E-state index contributed by atoms with van der Waals surface area (Å²) in [6.07, 6.45) is 2.14. The molecule has 0 fully saturated rings. The molecule has 0 aliphatic carbocycles. The van der Waals surface area contributed by atoms with Crippen molar-refractivity contribution in [1.82, 2.24) is 5.32 Å². The Morgan fingerprint density at radius 1 is 0.424 bits per heavy atom. The van der Waals surface area contributed by atoms with Crippen molar-refractivity contribution in [2.45, 2.75) is 50.6 Å². The van der Waals surface area contributed by atoms with Crippen LogP contribution in [0.3, 0.4) is 0 Å². The molecule has 4 aromatic carbocycles. The standard InChI is InChI=1S/C32H35N/c1-25(23-31(27-15-7-3-8-16-27)28-17-9-4-10-18-28)33-26(2)24-32(29-19-11-5-12-20-29)30-21-13-6-14-22-30/h3-22,25-26,31-33H,23-24H2,1-2H3. The molecule has 0 amide bonds. The molecule has 1 heteroatoms. The van der Waals surface area contributed by atoms with E-state index in [-0.39, 0.29) is 0 Å². The third-order valence-corrected chi connectivity index (χ3v) is 6.56. The van der Waals surface area contributed by atoms with Gasteiger partial charge in [-0.1, -0.05) is 121 Å². The van der Waals surface area contributed by atoms with Crippen LogP contribution in [0.2, 0.25) is 0 Å². The maximum atomic E-state index is 3.92. The maximum Gasteiger partial charge on any atom is 0.0104 e. The molecule has 4 aromatic rings. The monoisotopic (exact) mass is 433 g/mol. The first-order valence-electron chi connectivity index (χ1n) is 12.2. The van der Waals surface area contributed by atoms with Gasteiger partial charge < -0.3 is 5.32 Å². The van der Waals surface area contributed by atoms with Crippen LogP contribution in [-0.2, 0) is 0 Å². The average Bonchev–Trinajstić information content (AvgIpc) is 2.88. The third kappa shape index (κ3) is 6.43. The van der Waals surface area contributed by atoms with Crippen molar-refractivity contribution in [3.63, 3.8) is 0 Å². The molecule has 0 heterocycles. The van der Waals surface area contributed by atoms with Crippen molar-refractivity contribution in [1.29, 1.82) is 0 Å². The highest BCUT2D eigenvalue weighted by Gasteiger charge is 2.21. The van der Waals surface area contributed by atoms with Crippen LogP contribution >= 0.6 is 0 Å². The van der Waals surface area contributed by atoms with Gasteiger partial charge in [0.2, 0.25) is 0 Å². The van der Waals surface area contributed by atoms with Crippen molar-refractivity contribution in [3.8, 4) is 0 Å². The van der Waals surface area contributed by atoms with E-state index in [9.17, 15) is 0 Å². The summed E-state index contributed by atoms with van der Waals surface area (Å²) >= 11 is 0. The van der Waals surface area contributed by atoms with Gasteiger partial charge in [-0.25, -0.2) is 0 Å². The van der Waals surface area contributed by atoms with Crippen molar-refractivity contribution in [2.75, 3.05) is 0 Å². The second-order valence-electron chi connectivity index (χ2n) is 9.19. The lowest BCUT2D eigenvalue weighted by Crippen LogP contribution is -2.36. The Labute approximate surface area is 199 Å². The van der Waals surface area contributed by atoms with Gasteiger partial charge in [0.05, 0.1) is 0 Å². The van der Waals surface area contributed by atoms with Gasteiger partial charge in [-0.2, -0.15) is 0 Å². The largest absolute Gasteiger partial charge is 0.312 e. The molecule has 2 atom stereocenters. The fraction of sp³-hybridized carbons (Fsp3) is 0.250. The van der Waals surface area contributed by atoms with E-state index < -0.39 is 0 Å². The summed E-state index contributed by atoms with van der Waals surface area (Å²) in [4.78, 5) is 0. The lowest BCUT2D eigenvalue weighted by Gasteiger charge is -2.28. The first kappa shape index (κ1) is 23.0. The number of hydrogen-bond acceptors (Lipinski definition) is 1. The number of hydrogen-bond donors (Lipinski definition) is 1. The molecule has 0 aromatic heterocycles. The van der Waals surface area contributed by atoms with E-state index >= 15 is 0 Å². The molecular weight excluding hydrogens is 398 g/mol. The van der Waals surface area contributed by atoms with E-state index in [1.165, 1.54) is 22.3 Å². The van der Waals surface area contributed by atoms with Crippen LogP contribution in [0, 0.1) is 0 Å². The second-order valence-corrected chi connectivity index (χ2v) is 9.19. The Morgan fingerprint density at radius 3 is 0.909 bits per heavy atom. The summed E-state index contributed by atoms with van der Waals surface area (Å²) in [6, 6.07) is 44.5. The molecule has 0 aliphatic heterocycles.